The van der Waals surface area contributed by atoms with Gasteiger partial charge in [0.05, 0.1) is 4.92 Å². The van der Waals surface area contributed by atoms with Crippen LogP contribution in [0.2, 0.25) is 0 Å². The van der Waals surface area contributed by atoms with Gasteiger partial charge in [-0.3, -0.25) is 10.1 Å². The Bertz CT molecular complexity index is 644. The number of hydrogen-bond donors (Lipinski definition) is 1. The minimum atomic E-state index is -0.622. The van der Waals surface area contributed by atoms with Gasteiger partial charge in [-0.2, -0.15) is 0 Å². The van der Waals surface area contributed by atoms with Crippen molar-refractivity contribution < 1.29 is 14.1 Å². The first-order valence-electron chi connectivity index (χ1n) is 5.95. The molecule has 0 aromatic heterocycles. The lowest BCUT2D eigenvalue weighted by atomic mass is 10.1. The lowest BCUT2D eigenvalue weighted by Gasteiger charge is -2.13. The van der Waals surface area contributed by atoms with Crippen molar-refractivity contribution >= 4 is 5.69 Å². The van der Waals surface area contributed by atoms with E-state index in [2.05, 4.69) is 0 Å². The van der Waals surface area contributed by atoms with E-state index >= 15 is 0 Å². The number of nitro benzene ring substituents is 1. The topological polar surface area (TPSA) is 78.4 Å². The van der Waals surface area contributed by atoms with Crippen LogP contribution in [0.15, 0.2) is 42.5 Å². The largest absolute Gasteiger partial charge is 0.450 e. The predicted molar refractivity (Wildman–Crippen MR) is 72.2 cm³/mol. The van der Waals surface area contributed by atoms with Crippen molar-refractivity contribution in [3.05, 3.63) is 64.0 Å². The van der Waals surface area contributed by atoms with Gasteiger partial charge in [0.25, 0.3) is 0 Å². The molecule has 6 heteroatoms. The first-order valence-corrected chi connectivity index (χ1v) is 5.95. The van der Waals surface area contributed by atoms with Crippen molar-refractivity contribution in [3.8, 4) is 11.5 Å². The number of nitro groups is 1. The van der Waals surface area contributed by atoms with E-state index in [1.54, 1.807) is 31.2 Å². The molecule has 0 bridgehead atoms. The highest BCUT2D eigenvalue weighted by Crippen LogP contribution is 2.34. The van der Waals surface area contributed by atoms with Crippen molar-refractivity contribution in [2.75, 3.05) is 0 Å². The summed E-state index contributed by atoms with van der Waals surface area (Å²) in [5.74, 6) is -0.386. The summed E-state index contributed by atoms with van der Waals surface area (Å²) in [6.45, 7) is 1.77. The molecule has 0 aliphatic heterocycles. The van der Waals surface area contributed by atoms with E-state index in [1.807, 2.05) is 0 Å². The lowest BCUT2D eigenvalue weighted by molar-refractivity contribution is -0.385. The summed E-state index contributed by atoms with van der Waals surface area (Å²) in [7, 11) is 0. The van der Waals surface area contributed by atoms with Crippen LogP contribution in [0.25, 0.3) is 0 Å². The Morgan fingerprint density at radius 1 is 1.25 bits per heavy atom. The summed E-state index contributed by atoms with van der Waals surface area (Å²) in [6.07, 6.45) is 0. The summed E-state index contributed by atoms with van der Waals surface area (Å²) < 4.78 is 18.7. The SMILES string of the molecule is C[C@@H](N)c1ccccc1Oc1cc(F)ccc1[N+](=O)[O-]. The van der Waals surface area contributed by atoms with Crippen LogP contribution in [0.5, 0.6) is 11.5 Å². The molecule has 20 heavy (non-hydrogen) atoms. The van der Waals surface area contributed by atoms with E-state index in [0.717, 1.165) is 18.2 Å². The van der Waals surface area contributed by atoms with E-state index in [9.17, 15) is 14.5 Å². The molecule has 0 unspecified atom stereocenters. The highest BCUT2D eigenvalue weighted by molar-refractivity contribution is 5.50. The number of hydrogen-bond acceptors (Lipinski definition) is 4. The first kappa shape index (κ1) is 14.0. The molecule has 0 saturated heterocycles. The Kier molecular flexibility index (Phi) is 3.95. The molecule has 0 spiro atoms. The molecule has 0 aliphatic carbocycles. The second-order valence-corrected chi connectivity index (χ2v) is 4.30. The van der Waals surface area contributed by atoms with Crippen molar-refractivity contribution in [2.45, 2.75) is 13.0 Å². The molecule has 5 nitrogen and oxygen atoms in total. The quantitative estimate of drug-likeness (QED) is 0.684. The molecule has 2 aromatic rings. The smallest absolute Gasteiger partial charge is 0.311 e. The Morgan fingerprint density at radius 3 is 2.60 bits per heavy atom. The third kappa shape index (κ3) is 2.92. The Morgan fingerprint density at radius 2 is 1.95 bits per heavy atom. The molecular formula is C14H13FN2O3. The summed E-state index contributed by atoms with van der Waals surface area (Å²) in [5.41, 5.74) is 6.19. The molecule has 0 amide bonds. The fourth-order valence-corrected chi connectivity index (χ4v) is 1.79. The normalized spacial score (nSPS) is 11.9. The number of halogens is 1. The van der Waals surface area contributed by atoms with Gasteiger partial charge < -0.3 is 10.5 Å². The van der Waals surface area contributed by atoms with Gasteiger partial charge in [0, 0.05) is 23.7 Å². The van der Waals surface area contributed by atoms with Crippen molar-refractivity contribution in [1.82, 2.24) is 0 Å². The van der Waals surface area contributed by atoms with Crippen LogP contribution >= 0.6 is 0 Å². The molecule has 104 valence electrons. The molecule has 2 aromatic carbocycles. The molecule has 0 aliphatic rings. The van der Waals surface area contributed by atoms with Crippen molar-refractivity contribution in [3.63, 3.8) is 0 Å². The Labute approximate surface area is 114 Å². The summed E-state index contributed by atoms with van der Waals surface area (Å²) >= 11 is 0. The maximum absolute atomic E-state index is 13.2. The molecule has 0 radical (unpaired) electrons. The highest BCUT2D eigenvalue weighted by atomic mass is 19.1. The summed E-state index contributed by atoms with van der Waals surface area (Å²) in [5, 5.41) is 10.9. The van der Waals surface area contributed by atoms with Crippen LogP contribution in [0, 0.1) is 15.9 Å². The fraction of sp³-hybridized carbons (Fsp3) is 0.143. The van der Waals surface area contributed by atoms with E-state index in [-0.39, 0.29) is 17.5 Å². The molecule has 2 rings (SSSR count). The zero-order chi connectivity index (χ0) is 14.7. The maximum atomic E-state index is 13.2. The van der Waals surface area contributed by atoms with Crippen LogP contribution in [-0.4, -0.2) is 4.92 Å². The maximum Gasteiger partial charge on any atom is 0.311 e. The number of benzene rings is 2. The fourth-order valence-electron chi connectivity index (χ4n) is 1.79. The average molecular weight is 276 g/mol. The molecule has 0 fully saturated rings. The van der Waals surface area contributed by atoms with Crippen LogP contribution in [0.1, 0.15) is 18.5 Å². The number of nitrogens with zero attached hydrogens (tertiary/aromatic N) is 1. The van der Waals surface area contributed by atoms with Crippen LogP contribution in [0.4, 0.5) is 10.1 Å². The highest BCUT2D eigenvalue weighted by Gasteiger charge is 2.18. The van der Waals surface area contributed by atoms with E-state index in [0.29, 0.717) is 11.3 Å². The van der Waals surface area contributed by atoms with E-state index in [4.69, 9.17) is 10.5 Å². The van der Waals surface area contributed by atoms with Gasteiger partial charge in [0.2, 0.25) is 5.75 Å². The van der Waals surface area contributed by atoms with Crippen molar-refractivity contribution in [1.29, 1.82) is 0 Å². The minimum Gasteiger partial charge on any atom is -0.450 e. The molecule has 2 N–H and O–H groups in total. The third-order valence-electron chi connectivity index (χ3n) is 2.75. The van der Waals surface area contributed by atoms with E-state index < -0.39 is 10.7 Å². The monoisotopic (exact) mass is 276 g/mol. The van der Waals surface area contributed by atoms with Gasteiger partial charge in [-0.15, -0.1) is 0 Å². The molecule has 0 saturated carbocycles. The van der Waals surface area contributed by atoms with Gasteiger partial charge in [-0.1, -0.05) is 18.2 Å². The lowest BCUT2D eigenvalue weighted by Crippen LogP contribution is -2.06. The average Bonchev–Trinajstić information content (AvgIpc) is 2.38. The first-order chi connectivity index (χ1) is 9.49. The number of rotatable bonds is 4. The van der Waals surface area contributed by atoms with E-state index in [1.165, 1.54) is 0 Å². The van der Waals surface area contributed by atoms with Crippen molar-refractivity contribution in [2.24, 2.45) is 5.73 Å². The molecule has 0 heterocycles. The Hall–Kier alpha value is -2.47. The number of nitrogens with two attached hydrogens (primary N) is 1. The Balaban J connectivity index is 2.45. The van der Waals surface area contributed by atoms with Gasteiger partial charge in [-0.05, 0) is 19.1 Å². The molecular weight excluding hydrogens is 263 g/mol. The third-order valence-corrected chi connectivity index (χ3v) is 2.75. The zero-order valence-electron chi connectivity index (χ0n) is 10.7. The van der Waals surface area contributed by atoms with Gasteiger partial charge >= 0.3 is 5.69 Å². The summed E-state index contributed by atoms with van der Waals surface area (Å²) in [6, 6.07) is 9.65. The zero-order valence-corrected chi connectivity index (χ0v) is 10.7. The number of para-hydroxylation sites is 1. The number of ether oxygens (including phenoxy) is 1. The van der Waals surface area contributed by atoms with Crippen LogP contribution in [-0.2, 0) is 0 Å². The van der Waals surface area contributed by atoms with Gasteiger partial charge in [0.1, 0.15) is 11.6 Å². The minimum absolute atomic E-state index is 0.150. The second-order valence-electron chi connectivity index (χ2n) is 4.30. The summed E-state index contributed by atoms with van der Waals surface area (Å²) in [4.78, 5) is 10.3. The van der Waals surface area contributed by atoms with Gasteiger partial charge in [-0.25, -0.2) is 4.39 Å². The standard InChI is InChI=1S/C14H13FN2O3/c1-9(16)11-4-2-3-5-13(11)20-14-8-10(15)6-7-12(14)17(18)19/h2-9H,16H2,1H3/t9-/m1/s1. The predicted octanol–water partition coefficient (Wildman–Crippen LogP) is 3.55. The second kappa shape index (κ2) is 5.66. The van der Waals surface area contributed by atoms with Gasteiger partial charge in [0.15, 0.2) is 0 Å². The molecule has 1 atom stereocenters. The van der Waals surface area contributed by atoms with Crippen LogP contribution < -0.4 is 10.5 Å². The van der Waals surface area contributed by atoms with Crippen LogP contribution in [0.3, 0.4) is 0 Å².